The van der Waals surface area contributed by atoms with Crippen LogP contribution in [0.3, 0.4) is 0 Å². The van der Waals surface area contributed by atoms with Crippen LogP contribution in [0.5, 0.6) is 0 Å². The van der Waals surface area contributed by atoms with Crippen molar-refractivity contribution in [3.63, 3.8) is 0 Å². The zero-order valence-corrected chi connectivity index (χ0v) is 20.6. The average molecular weight is 492 g/mol. The molecule has 4 aromatic rings. The molecule has 2 aromatic carbocycles. The summed E-state index contributed by atoms with van der Waals surface area (Å²) in [6, 6.07) is 18.1. The van der Waals surface area contributed by atoms with Crippen molar-refractivity contribution in [1.82, 2.24) is 15.3 Å². The smallest absolute Gasteiger partial charge is 0.220 e. The molecule has 35 heavy (non-hydrogen) atoms. The van der Waals surface area contributed by atoms with E-state index in [0.717, 1.165) is 60.8 Å². The number of fused-ring (bicyclic) bond motifs is 1. The van der Waals surface area contributed by atoms with E-state index in [9.17, 15) is 0 Å². The van der Waals surface area contributed by atoms with Gasteiger partial charge in [-0.15, -0.1) is 0 Å². The molecule has 1 atom stereocenters. The molecule has 0 saturated carbocycles. The molecule has 0 aliphatic carbocycles. The van der Waals surface area contributed by atoms with Gasteiger partial charge in [-0.25, -0.2) is 4.98 Å². The highest BCUT2D eigenvalue weighted by Crippen LogP contribution is 2.28. The summed E-state index contributed by atoms with van der Waals surface area (Å²) in [5.74, 6) is 1.57. The molecule has 0 bridgehead atoms. The number of aromatic nitrogens is 2. The summed E-state index contributed by atoms with van der Waals surface area (Å²) in [6.07, 6.45) is 2.54. The second-order valence-electron chi connectivity index (χ2n) is 8.69. The molecular weight excluding hydrogens is 462 g/mol. The van der Waals surface area contributed by atoms with E-state index in [1.54, 1.807) is 6.20 Å². The summed E-state index contributed by atoms with van der Waals surface area (Å²) in [6.45, 7) is 6.62. The molecule has 3 heterocycles. The fourth-order valence-corrected chi connectivity index (χ4v) is 4.48. The number of hydrogen-bond donors (Lipinski definition) is 2. The molecule has 0 radical (unpaired) electrons. The van der Waals surface area contributed by atoms with Crippen molar-refractivity contribution >= 4 is 34.1 Å². The topological polar surface area (TPSA) is 75.5 Å². The van der Waals surface area contributed by atoms with Crippen LogP contribution in [0.2, 0.25) is 5.02 Å². The maximum atomic E-state index is 6.33. The largest absolute Gasteiger partial charge is 0.423 e. The first-order valence-corrected chi connectivity index (χ1v) is 12.4. The van der Waals surface area contributed by atoms with Crippen LogP contribution in [-0.2, 0) is 11.2 Å². The number of benzene rings is 2. The fraction of sp³-hybridized carbons (Fsp3) is 0.333. The molecule has 1 unspecified atom stereocenters. The molecule has 0 amide bonds. The standard InChI is InChI=1S/C27H30ClN5O2/c1-19(29-11-12-31-23-9-10-30-24-18-21(28)7-8-22(23)24)26-32-25(17-20-5-3-2-4-6-20)27(35-26)33-13-15-34-16-14-33/h2-10,18-19,29H,11-17H2,1H3,(H,30,31). The van der Waals surface area contributed by atoms with Crippen molar-refractivity contribution in [3.05, 3.63) is 83.0 Å². The highest BCUT2D eigenvalue weighted by molar-refractivity contribution is 6.31. The number of hydrogen-bond acceptors (Lipinski definition) is 7. The Bertz CT molecular complexity index is 1260. The third kappa shape index (κ3) is 5.75. The summed E-state index contributed by atoms with van der Waals surface area (Å²) in [4.78, 5) is 11.6. The van der Waals surface area contributed by atoms with Crippen molar-refractivity contribution in [3.8, 4) is 0 Å². The minimum Gasteiger partial charge on any atom is -0.423 e. The molecule has 1 aliphatic rings. The Balaban J connectivity index is 1.24. The number of nitrogens with one attached hydrogen (secondary N) is 2. The summed E-state index contributed by atoms with van der Waals surface area (Å²) in [5.41, 5.74) is 4.11. The lowest BCUT2D eigenvalue weighted by molar-refractivity contribution is 0.120. The Morgan fingerprint density at radius 1 is 1.06 bits per heavy atom. The monoisotopic (exact) mass is 491 g/mol. The van der Waals surface area contributed by atoms with E-state index in [2.05, 4.69) is 51.7 Å². The van der Waals surface area contributed by atoms with Gasteiger partial charge in [-0.1, -0.05) is 41.9 Å². The second-order valence-corrected chi connectivity index (χ2v) is 9.12. The maximum Gasteiger partial charge on any atom is 0.220 e. The van der Waals surface area contributed by atoms with Gasteiger partial charge in [0.1, 0.15) is 5.69 Å². The Morgan fingerprint density at radius 2 is 1.89 bits per heavy atom. The molecule has 1 aliphatic heterocycles. The molecule has 7 nitrogen and oxygen atoms in total. The van der Waals surface area contributed by atoms with Crippen LogP contribution in [0.25, 0.3) is 10.9 Å². The first kappa shape index (κ1) is 23.6. The van der Waals surface area contributed by atoms with E-state index in [1.807, 2.05) is 30.3 Å². The van der Waals surface area contributed by atoms with Crippen LogP contribution in [0.1, 0.15) is 30.1 Å². The lowest BCUT2D eigenvalue weighted by Gasteiger charge is -2.26. The number of halogens is 1. The van der Waals surface area contributed by atoms with Crippen molar-refractivity contribution in [2.75, 3.05) is 49.6 Å². The summed E-state index contributed by atoms with van der Waals surface area (Å²) in [7, 11) is 0. The van der Waals surface area contributed by atoms with E-state index in [-0.39, 0.29) is 6.04 Å². The number of nitrogens with zero attached hydrogens (tertiary/aromatic N) is 3. The second kappa shape index (κ2) is 11.1. The predicted molar refractivity (Wildman–Crippen MR) is 140 cm³/mol. The fourth-order valence-electron chi connectivity index (χ4n) is 4.31. The van der Waals surface area contributed by atoms with Crippen LogP contribution in [0.15, 0.2) is 65.2 Å². The van der Waals surface area contributed by atoms with E-state index in [1.165, 1.54) is 5.56 Å². The average Bonchev–Trinajstić information content (AvgIpc) is 3.31. The molecule has 2 N–H and O–H groups in total. The van der Waals surface area contributed by atoms with Crippen molar-refractivity contribution < 1.29 is 9.15 Å². The molecule has 5 rings (SSSR count). The first-order valence-electron chi connectivity index (χ1n) is 12.0. The zero-order chi connectivity index (χ0) is 24.0. The number of rotatable bonds is 9. The van der Waals surface area contributed by atoms with E-state index >= 15 is 0 Å². The summed E-state index contributed by atoms with van der Waals surface area (Å²) < 4.78 is 11.9. The van der Waals surface area contributed by atoms with Gasteiger partial charge in [-0.3, -0.25) is 4.98 Å². The minimum absolute atomic E-state index is 0.0193. The number of ether oxygens (including phenoxy) is 1. The molecular formula is C27H30ClN5O2. The van der Waals surface area contributed by atoms with Crippen LogP contribution in [0, 0.1) is 0 Å². The maximum absolute atomic E-state index is 6.33. The van der Waals surface area contributed by atoms with E-state index < -0.39 is 0 Å². The molecule has 1 fully saturated rings. The van der Waals surface area contributed by atoms with Gasteiger partial charge in [-0.05, 0) is 36.8 Å². The molecule has 0 spiro atoms. The van der Waals surface area contributed by atoms with E-state index in [0.29, 0.717) is 24.1 Å². The first-order chi connectivity index (χ1) is 17.2. The third-order valence-corrected chi connectivity index (χ3v) is 6.41. The van der Waals surface area contributed by atoms with Gasteiger partial charge in [0.15, 0.2) is 0 Å². The van der Waals surface area contributed by atoms with Gasteiger partial charge >= 0.3 is 0 Å². The molecule has 8 heteroatoms. The number of oxazole rings is 1. The Labute approximate surface area is 210 Å². The Hall–Kier alpha value is -3.13. The third-order valence-electron chi connectivity index (χ3n) is 6.17. The molecule has 182 valence electrons. The summed E-state index contributed by atoms with van der Waals surface area (Å²) in [5, 5.41) is 8.77. The summed E-state index contributed by atoms with van der Waals surface area (Å²) >= 11 is 6.10. The highest BCUT2D eigenvalue weighted by atomic mass is 35.5. The lowest BCUT2D eigenvalue weighted by atomic mass is 10.1. The molecule has 1 saturated heterocycles. The number of anilines is 2. The number of pyridine rings is 1. The Morgan fingerprint density at radius 3 is 2.71 bits per heavy atom. The Kier molecular flexibility index (Phi) is 7.47. The zero-order valence-electron chi connectivity index (χ0n) is 19.8. The van der Waals surface area contributed by atoms with Gasteiger partial charge < -0.3 is 24.7 Å². The van der Waals surface area contributed by atoms with Gasteiger partial charge in [0, 0.05) is 54.9 Å². The van der Waals surface area contributed by atoms with Gasteiger partial charge in [0.2, 0.25) is 11.8 Å². The predicted octanol–water partition coefficient (Wildman–Crippen LogP) is 5.07. The SMILES string of the molecule is CC(NCCNc1ccnc2cc(Cl)ccc12)c1nc(Cc2ccccc2)c(N2CCOCC2)o1. The van der Waals surface area contributed by atoms with Crippen LogP contribution >= 0.6 is 11.6 Å². The van der Waals surface area contributed by atoms with Gasteiger partial charge in [0.05, 0.1) is 24.8 Å². The van der Waals surface area contributed by atoms with Gasteiger partial charge in [-0.2, -0.15) is 0 Å². The van der Waals surface area contributed by atoms with Crippen molar-refractivity contribution in [2.45, 2.75) is 19.4 Å². The van der Waals surface area contributed by atoms with Gasteiger partial charge in [0.25, 0.3) is 0 Å². The minimum atomic E-state index is -0.0193. The highest BCUT2D eigenvalue weighted by Gasteiger charge is 2.24. The van der Waals surface area contributed by atoms with Crippen LogP contribution in [0.4, 0.5) is 11.6 Å². The van der Waals surface area contributed by atoms with Crippen molar-refractivity contribution in [1.29, 1.82) is 0 Å². The van der Waals surface area contributed by atoms with E-state index in [4.69, 9.17) is 25.7 Å². The lowest BCUT2D eigenvalue weighted by Crippen LogP contribution is -2.36. The normalized spacial score (nSPS) is 14.9. The molecule has 2 aromatic heterocycles. The quantitative estimate of drug-likeness (QED) is 0.317. The number of morpholine rings is 1. The van der Waals surface area contributed by atoms with Crippen molar-refractivity contribution in [2.24, 2.45) is 0 Å². The van der Waals surface area contributed by atoms with Crippen LogP contribution < -0.4 is 15.5 Å². The van der Waals surface area contributed by atoms with Crippen LogP contribution in [-0.4, -0.2) is 49.4 Å².